The highest BCUT2D eigenvalue weighted by Gasteiger charge is 2.16. The molecule has 1 amide bonds. The van der Waals surface area contributed by atoms with Gasteiger partial charge in [0.25, 0.3) is 0 Å². The average molecular weight is 413 g/mol. The first-order valence-corrected chi connectivity index (χ1v) is 10.4. The molecule has 1 N–H and O–H groups in total. The number of rotatable bonds is 6. The molecule has 0 aliphatic carbocycles. The Morgan fingerprint density at radius 2 is 1.72 bits per heavy atom. The van der Waals surface area contributed by atoms with Gasteiger partial charge >= 0.3 is 0 Å². The molecule has 3 aromatic rings. The first-order valence-electron chi connectivity index (χ1n) is 9.38. The third-order valence-electron chi connectivity index (χ3n) is 4.58. The standard InChI is InChI=1S/C22H25FN4OS/c1-22(2,3)17-9-7-16(8-10-17)20-25-26-21(27(20)4)29-14-19(28)24-13-15-5-11-18(23)12-6-15/h5-12H,13-14H2,1-4H3,(H,24,28). The van der Waals surface area contributed by atoms with E-state index in [0.29, 0.717) is 11.7 Å². The number of carbonyl (C=O) groups is 1. The molecule has 0 spiro atoms. The van der Waals surface area contributed by atoms with Gasteiger partial charge in [-0.2, -0.15) is 0 Å². The zero-order valence-electron chi connectivity index (χ0n) is 17.1. The molecule has 0 unspecified atom stereocenters. The average Bonchev–Trinajstić information content (AvgIpc) is 3.06. The highest BCUT2D eigenvalue weighted by atomic mass is 32.2. The maximum atomic E-state index is 12.9. The first kappa shape index (κ1) is 21.0. The van der Waals surface area contributed by atoms with Crippen LogP contribution in [0.3, 0.4) is 0 Å². The van der Waals surface area contributed by atoms with Gasteiger partial charge in [-0.3, -0.25) is 4.79 Å². The molecule has 1 heterocycles. The number of halogens is 1. The van der Waals surface area contributed by atoms with Crippen molar-refractivity contribution in [1.82, 2.24) is 20.1 Å². The van der Waals surface area contributed by atoms with Crippen LogP contribution in [0.2, 0.25) is 0 Å². The highest BCUT2D eigenvalue weighted by Crippen LogP contribution is 2.27. The van der Waals surface area contributed by atoms with E-state index in [9.17, 15) is 9.18 Å². The molecule has 29 heavy (non-hydrogen) atoms. The summed E-state index contributed by atoms with van der Waals surface area (Å²) in [6.45, 7) is 6.91. The van der Waals surface area contributed by atoms with Gasteiger partial charge in [-0.05, 0) is 28.7 Å². The minimum atomic E-state index is -0.290. The Morgan fingerprint density at radius 1 is 1.07 bits per heavy atom. The van der Waals surface area contributed by atoms with E-state index >= 15 is 0 Å². The van der Waals surface area contributed by atoms with Crippen LogP contribution in [-0.4, -0.2) is 26.4 Å². The van der Waals surface area contributed by atoms with E-state index in [1.807, 2.05) is 11.6 Å². The molecule has 5 nitrogen and oxygen atoms in total. The van der Waals surface area contributed by atoms with Crippen LogP contribution in [-0.2, 0) is 23.8 Å². The van der Waals surface area contributed by atoms with Crippen molar-refractivity contribution in [2.24, 2.45) is 7.05 Å². The van der Waals surface area contributed by atoms with E-state index < -0.39 is 0 Å². The Labute approximate surface area is 174 Å². The third kappa shape index (κ3) is 5.44. The molecule has 0 saturated carbocycles. The molecule has 7 heteroatoms. The largest absolute Gasteiger partial charge is 0.351 e. The SMILES string of the molecule is Cn1c(SCC(=O)NCc2ccc(F)cc2)nnc1-c1ccc(C(C)(C)C)cc1. The summed E-state index contributed by atoms with van der Waals surface area (Å²) < 4.78 is 14.8. The second-order valence-electron chi connectivity index (χ2n) is 7.88. The van der Waals surface area contributed by atoms with Crippen LogP contribution >= 0.6 is 11.8 Å². The topological polar surface area (TPSA) is 59.8 Å². The third-order valence-corrected chi connectivity index (χ3v) is 5.60. The molecular weight excluding hydrogens is 387 g/mol. The van der Waals surface area contributed by atoms with Gasteiger partial charge in [-0.15, -0.1) is 10.2 Å². The maximum absolute atomic E-state index is 12.9. The zero-order chi connectivity index (χ0) is 21.0. The van der Waals surface area contributed by atoms with Gasteiger partial charge in [-0.25, -0.2) is 4.39 Å². The Kier molecular flexibility index (Phi) is 6.37. The van der Waals surface area contributed by atoms with Gasteiger partial charge in [0.2, 0.25) is 5.91 Å². The molecule has 0 aliphatic rings. The molecule has 0 saturated heterocycles. The number of nitrogens with one attached hydrogen (secondary N) is 1. The van der Waals surface area contributed by atoms with E-state index in [0.717, 1.165) is 17.0 Å². The summed E-state index contributed by atoms with van der Waals surface area (Å²) in [5.41, 5.74) is 3.20. The minimum absolute atomic E-state index is 0.0979. The molecule has 3 rings (SSSR count). The first-order chi connectivity index (χ1) is 13.7. The lowest BCUT2D eigenvalue weighted by atomic mass is 9.87. The molecule has 0 aliphatic heterocycles. The summed E-state index contributed by atoms with van der Waals surface area (Å²) in [6, 6.07) is 14.4. The highest BCUT2D eigenvalue weighted by molar-refractivity contribution is 7.99. The predicted molar refractivity (Wildman–Crippen MR) is 114 cm³/mol. The fourth-order valence-electron chi connectivity index (χ4n) is 2.80. The molecule has 0 bridgehead atoms. The smallest absolute Gasteiger partial charge is 0.230 e. The van der Waals surface area contributed by atoms with Crippen molar-refractivity contribution in [3.05, 3.63) is 65.5 Å². The van der Waals surface area contributed by atoms with E-state index in [4.69, 9.17) is 0 Å². The van der Waals surface area contributed by atoms with E-state index in [-0.39, 0.29) is 22.9 Å². The molecule has 0 fully saturated rings. The Hall–Kier alpha value is -2.67. The second kappa shape index (κ2) is 8.78. The molecule has 0 atom stereocenters. The minimum Gasteiger partial charge on any atom is -0.351 e. The van der Waals surface area contributed by atoms with Crippen LogP contribution in [0.1, 0.15) is 31.9 Å². The number of aromatic nitrogens is 3. The van der Waals surface area contributed by atoms with Crippen molar-refractivity contribution in [3.63, 3.8) is 0 Å². The number of thioether (sulfide) groups is 1. The Morgan fingerprint density at radius 3 is 2.34 bits per heavy atom. The van der Waals surface area contributed by atoms with Gasteiger partial charge in [-0.1, -0.05) is 68.9 Å². The summed E-state index contributed by atoms with van der Waals surface area (Å²) in [5.74, 6) is 0.593. The number of hydrogen-bond donors (Lipinski definition) is 1. The summed E-state index contributed by atoms with van der Waals surface area (Å²) in [5, 5.41) is 12.0. The summed E-state index contributed by atoms with van der Waals surface area (Å²) in [7, 11) is 1.89. The van der Waals surface area contributed by atoms with Crippen LogP contribution in [0.5, 0.6) is 0 Å². The van der Waals surface area contributed by atoms with Crippen LogP contribution in [0.25, 0.3) is 11.4 Å². The Balaban J connectivity index is 1.58. The summed E-state index contributed by atoms with van der Waals surface area (Å²) in [6.07, 6.45) is 0. The zero-order valence-corrected chi connectivity index (χ0v) is 17.9. The fraction of sp³-hybridized carbons (Fsp3) is 0.318. The van der Waals surface area contributed by atoms with Crippen molar-refractivity contribution in [2.45, 2.75) is 37.9 Å². The lowest BCUT2D eigenvalue weighted by Crippen LogP contribution is -2.24. The van der Waals surface area contributed by atoms with E-state index in [1.165, 1.54) is 29.5 Å². The van der Waals surface area contributed by atoms with Gasteiger partial charge in [0.1, 0.15) is 5.82 Å². The second-order valence-corrected chi connectivity index (χ2v) is 8.83. The number of nitrogens with zero attached hydrogens (tertiary/aromatic N) is 3. The van der Waals surface area contributed by atoms with Crippen LogP contribution in [0.4, 0.5) is 4.39 Å². The predicted octanol–water partition coefficient (Wildman–Crippen LogP) is 4.33. The maximum Gasteiger partial charge on any atom is 0.230 e. The monoisotopic (exact) mass is 412 g/mol. The van der Waals surface area contributed by atoms with Gasteiger partial charge < -0.3 is 9.88 Å². The van der Waals surface area contributed by atoms with Crippen molar-refractivity contribution >= 4 is 17.7 Å². The van der Waals surface area contributed by atoms with Gasteiger partial charge in [0, 0.05) is 19.2 Å². The van der Waals surface area contributed by atoms with Crippen molar-refractivity contribution in [1.29, 1.82) is 0 Å². The van der Waals surface area contributed by atoms with Crippen molar-refractivity contribution < 1.29 is 9.18 Å². The lowest BCUT2D eigenvalue weighted by molar-refractivity contribution is -0.118. The summed E-state index contributed by atoms with van der Waals surface area (Å²) >= 11 is 1.33. The van der Waals surface area contributed by atoms with Crippen LogP contribution in [0, 0.1) is 5.82 Å². The lowest BCUT2D eigenvalue weighted by Gasteiger charge is -2.19. The quantitative estimate of drug-likeness (QED) is 0.613. The number of benzene rings is 2. The molecular formula is C22H25FN4OS. The van der Waals surface area contributed by atoms with Crippen molar-refractivity contribution in [2.75, 3.05) is 5.75 Å². The fourth-order valence-corrected chi connectivity index (χ4v) is 3.54. The van der Waals surface area contributed by atoms with Gasteiger partial charge in [0.05, 0.1) is 5.75 Å². The number of hydrogen-bond acceptors (Lipinski definition) is 4. The van der Waals surface area contributed by atoms with Gasteiger partial charge in [0.15, 0.2) is 11.0 Å². The molecule has 0 radical (unpaired) electrons. The normalized spacial score (nSPS) is 11.5. The molecule has 152 valence electrons. The van der Waals surface area contributed by atoms with E-state index in [1.54, 1.807) is 12.1 Å². The molecule has 1 aromatic heterocycles. The number of amides is 1. The summed E-state index contributed by atoms with van der Waals surface area (Å²) in [4.78, 5) is 12.1. The Bertz CT molecular complexity index is 976. The van der Waals surface area contributed by atoms with Crippen molar-refractivity contribution in [3.8, 4) is 11.4 Å². The van der Waals surface area contributed by atoms with Crippen LogP contribution < -0.4 is 5.32 Å². The van der Waals surface area contributed by atoms with Crippen LogP contribution in [0.15, 0.2) is 53.7 Å². The molecule has 2 aromatic carbocycles. The number of carbonyl (C=O) groups excluding carboxylic acids is 1. The van der Waals surface area contributed by atoms with E-state index in [2.05, 4.69) is 60.6 Å².